The van der Waals surface area contributed by atoms with Gasteiger partial charge in [0.25, 0.3) is 0 Å². The van der Waals surface area contributed by atoms with Gasteiger partial charge >= 0.3 is 287 Å². The molecule has 2 saturated carbocycles. The van der Waals surface area contributed by atoms with E-state index in [4.69, 9.17) is 0 Å². The summed E-state index contributed by atoms with van der Waals surface area (Å²) in [4.78, 5) is 0. The first-order valence-electron chi connectivity index (χ1n) is 19.4. The Labute approximate surface area is 285 Å². The Hall–Kier alpha value is -2.26. The summed E-state index contributed by atoms with van der Waals surface area (Å²) >= 11 is 0. The summed E-state index contributed by atoms with van der Waals surface area (Å²) in [6.45, 7) is 6.10. The van der Waals surface area contributed by atoms with Crippen LogP contribution in [0.5, 0.6) is 0 Å². The molecular formula is C45H58P2. The first kappa shape index (κ1) is 32.0. The SMILES string of the molecule is CP1(C2CCCCCCCCC2)(P2(C)(C3CCCCCCCC3)c3ccccc3-c3ccccc32)c2ccccc2-c2ccccc21. The van der Waals surface area contributed by atoms with Crippen LogP contribution in [0.1, 0.15) is 109 Å². The first-order chi connectivity index (χ1) is 23.0. The molecule has 4 aliphatic rings. The van der Waals surface area contributed by atoms with Crippen molar-refractivity contribution >= 4 is 33.8 Å². The average Bonchev–Trinajstić information content (AvgIpc) is 3.58. The van der Waals surface area contributed by atoms with Crippen molar-refractivity contribution in [2.45, 2.75) is 120 Å². The predicted octanol–water partition coefficient (Wildman–Crippen LogP) is 11.9. The summed E-state index contributed by atoms with van der Waals surface area (Å²) in [5.41, 5.74) is 7.73. The zero-order valence-corrected chi connectivity index (χ0v) is 31.1. The van der Waals surface area contributed by atoms with Gasteiger partial charge < -0.3 is 0 Å². The van der Waals surface area contributed by atoms with Crippen molar-refractivity contribution < 1.29 is 0 Å². The number of hydrogen-bond donors (Lipinski definition) is 0. The average molecular weight is 661 g/mol. The Morgan fingerprint density at radius 3 is 0.787 bits per heavy atom. The van der Waals surface area contributed by atoms with Crippen molar-refractivity contribution in [1.82, 2.24) is 0 Å². The third-order valence-corrected chi connectivity index (χ3v) is 40.9. The Morgan fingerprint density at radius 1 is 0.319 bits per heavy atom. The zero-order valence-electron chi connectivity index (χ0n) is 29.3. The summed E-state index contributed by atoms with van der Waals surface area (Å²) in [6, 6.07) is 40.1. The Kier molecular flexibility index (Phi) is 8.34. The minimum atomic E-state index is -3.09. The summed E-state index contributed by atoms with van der Waals surface area (Å²) in [7, 11) is 0. The first-order valence-corrected chi connectivity index (χ1v) is 25.7. The van der Waals surface area contributed by atoms with Crippen LogP contribution in [0.2, 0.25) is 0 Å². The number of hydrogen-bond acceptors (Lipinski definition) is 0. The van der Waals surface area contributed by atoms with Gasteiger partial charge in [0, 0.05) is 0 Å². The van der Waals surface area contributed by atoms with Crippen LogP contribution in [0, 0.1) is 0 Å². The van der Waals surface area contributed by atoms with E-state index >= 15 is 0 Å². The van der Waals surface area contributed by atoms with E-state index in [0.717, 1.165) is 0 Å². The van der Waals surface area contributed by atoms with Gasteiger partial charge in [0.1, 0.15) is 0 Å². The van der Waals surface area contributed by atoms with Gasteiger partial charge in [-0.3, -0.25) is 0 Å². The fourth-order valence-corrected chi connectivity index (χ4v) is 41.9. The predicted molar refractivity (Wildman–Crippen MR) is 214 cm³/mol. The summed E-state index contributed by atoms with van der Waals surface area (Å²) in [5, 5.41) is 7.20. The van der Waals surface area contributed by atoms with Crippen LogP contribution in [0.15, 0.2) is 97.1 Å². The maximum absolute atomic E-state index is 3.09. The fraction of sp³-hybridized carbons (Fsp3) is 0.467. The van der Waals surface area contributed by atoms with Crippen molar-refractivity contribution in [1.29, 1.82) is 0 Å². The van der Waals surface area contributed by atoms with Gasteiger partial charge in [0.15, 0.2) is 0 Å². The van der Waals surface area contributed by atoms with E-state index in [0.29, 0.717) is 11.3 Å². The van der Waals surface area contributed by atoms with Gasteiger partial charge in [0.05, 0.1) is 0 Å². The molecule has 2 heteroatoms. The molecule has 0 N–H and O–H groups in total. The van der Waals surface area contributed by atoms with Gasteiger partial charge in [-0.1, -0.05) is 0 Å². The molecule has 47 heavy (non-hydrogen) atoms. The normalized spacial score (nSPS) is 25.4. The molecule has 2 heterocycles. The molecule has 4 aromatic rings. The van der Waals surface area contributed by atoms with Crippen LogP contribution in [0.4, 0.5) is 0 Å². The topological polar surface area (TPSA) is 0 Å². The fourth-order valence-electron chi connectivity index (χ4n) is 12.4. The molecule has 248 valence electrons. The molecule has 0 unspecified atom stereocenters. The zero-order chi connectivity index (χ0) is 32.0. The minimum absolute atomic E-state index is 0.707. The van der Waals surface area contributed by atoms with E-state index in [1.807, 2.05) is 0 Å². The second-order valence-corrected chi connectivity index (χ2v) is 32.2. The number of benzene rings is 4. The van der Waals surface area contributed by atoms with E-state index < -0.39 is 12.6 Å². The molecule has 4 aromatic carbocycles. The Bertz CT molecular complexity index is 1650. The van der Waals surface area contributed by atoms with E-state index in [-0.39, 0.29) is 0 Å². The van der Waals surface area contributed by atoms with E-state index in [1.165, 1.54) is 109 Å². The van der Waals surface area contributed by atoms with Gasteiger partial charge in [-0.15, -0.1) is 0 Å². The van der Waals surface area contributed by atoms with Crippen molar-refractivity contribution in [2.75, 3.05) is 13.3 Å². The standard InChI is InChI=1S/C45H58P2/c1-46(36-24-12-8-4-3-5-9-13-25-36,42-32-20-16-28-38(42)39-29-17-21-33-43(39)46)47(2,37-26-14-10-6-7-11-15-27-37)44-34-22-18-30-40(44)41-31-19-23-35-45(41)47/h16-23,28-37H,3-15,24-27H2,1-2H3. The third-order valence-electron chi connectivity index (χ3n) is 14.6. The maximum atomic E-state index is 3.05. The molecule has 0 aromatic heterocycles. The van der Waals surface area contributed by atoms with E-state index in [2.05, 4.69) is 110 Å². The quantitative estimate of drug-likeness (QED) is 0.192. The van der Waals surface area contributed by atoms with Crippen LogP contribution >= 0.6 is 12.6 Å². The monoisotopic (exact) mass is 660 g/mol. The second kappa shape index (κ2) is 12.3. The van der Waals surface area contributed by atoms with Gasteiger partial charge in [-0.2, -0.15) is 0 Å². The Morgan fingerprint density at radius 2 is 0.532 bits per heavy atom. The molecule has 0 radical (unpaired) electrons. The molecule has 8 rings (SSSR count). The van der Waals surface area contributed by atoms with Crippen LogP contribution in [-0.4, -0.2) is 24.6 Å². The van der Waals surface area contributed by atoms with Crippen LogP contribution in [0.25, 0.3) is 22.3 Å². The van der Waals surface area contributed by atoms with Crippen molar-refractivity contribution in [3.63, 3.8) is 0 Å². The molecule has 2 aliphatic heterocycles. The van der Waals surface area contributed by atoms with Crippen LogP contribution in [0.3, 0.4) is 0 Å². The van der Waals surface area contributed by atoms with Crippen molar-refractivity contribution in [3.05, 3.63) is 97.1 Å². The summed E-state index contributed by atoms with van der Waals surface area (Å²) in [6.07, 6.45) is 17.7. The summed E-state index contributed by atoms with van der Waals surface area (Å²) < 4.78 is 0. The van der Waals surface area contributed by atoms with Crippen LogP contribution in [-0.2, 0) is 0 Å². The van der Waals surface area contributed by atoms with Gasteiger partial charge in [-0.05, 0) is 0 Å². The number of rotatable bonds is 3. The number of fused-ring (bicyclic) bond motifs is 6. The van der Waals surface area contributed by atoms with Crippen molar-refractivity contribution in [2.24, 2.45) is 0 Å². The van der Waals surface area contributed by atoms with Crippen molar-refractivity contribution in [3.8, 4) is 22.3 Å². The Balaban J connectivity index is 1.59. The molecular weight excluding hydrogens is 602 g/mol. The molecule has 0 amide bonds. The molecule has 0 spiro atoms. The molecule has 0 nitrogen and oxygen atoms in total. The third kappa shape index (κ3) is 4.08. The molecule has 0 atom stereocenters. The molecule has 2 fully saturated rings. The summed E-state index contributed by atoms with van der Waals surface area (Å²) in [5.74, 6) is 0. The van der Waals surface area contributed by atoms with E-state index in [9.17, 15) is 0 Å². The van der Waals surface area contributed by atoms with E-state index in [1.54, 1.807) is 43.5 Å². The second-order valence-electron chi connectivity index (χ2n) is 16.3. The molecule has 0 bridgehead atoms. The molecule has 2 aliphatic carbocycles. The molecule has 0 saturated heterocycles. The van der Waals surface area contributed by atoms with Gasteiger partial charge in [0.2, 0.25) is 0 Å². The van der Waals surface area contributed by atoms with Crippen LogP contribution < -0.4 is 21.2 Å². The van der Waals surface area contributed by atoms with Gasteiger partial charge in [-0.25, -0.2) is 0 Å².